The largest absolute Gasteiger partial charge is 0.444 e. The van der Waals surface area contributed by atoms with E-state index in [0.717, 1.165) is 12.8 Å². The SMILES string of the molecule is Cn1cc(-c2sc(C(=O)N3CCC[C@@H](NC(=O)OC(C)(C)C)C3)cc2-c2ccc(C#N)c(F)c2)ccc1=O. The summed E-state index contributed by atoms with van der Waals surface area (Å²) in [6.45, 7) is 6.25. The third-order valence-corrected chi connectivity index (χ3v) is 7.29. The smallest absolute Gasteiger partial charge is 0.407 e. The lowest BCUT2D eigenvalue weighted by molar-refractivity contribution is 0.0453. The molecule has 2 amide bonds. The minimum Gasteiger partial charge on any atom is -0.444 e. The number of thiophene rings is 1. The van der Waals surface area contributed by atoms with Gasteiger partial charge in [-0.3, -0.25) is 9.59 Å². The fourth-order valence-corrected chi connectivity index (χ4v) is 5.47. The molecule has 3 aromatic rings. The van der Waals surface area contributed by atoms with Gasteiger partial charge in [-0.25, -0.2) is 9.18 Å². The molecule has 0 radical (unpaired) electrons. The number of carbonyl (C=O) groups is 2. The second-order valence-electron chi connectivity index (χ2n) is 10.3. The van der Waals surface area contributed by atoms with Gasteiger partial charge < -0.3 is 19.5 Å². The Morgan fingerprint density at radius 2 is 1.92 bits per heavy atom. The number of nitriles is 1. The van der Waals surface area contributed by atoms with Crippen molar-refractivity contribution >= 4 is 23.3 Å². The molecule has 1 saturated heterocycles. The van der Waals surface area contributed by atoms with Gasteiger partial charge in [-0.05, 0) is 63.4 Å². The van der Waals surface area contributed by atoms with Gasteiger partial charge in [0, 0.05) is 54.4 Å². The van der Waals surface area contributed by atoms with E-state index in [0.29, 0.717) is 39.5 Å². The van der Waals surface area contributed by atoms with Gasteiger partial charge in [0.05, 0.1) is 10.4 Å². The van der Waals surface area contributed by atoms with Crippen LogP contribution < -0.4 is 10.9 Å². The number of nitrogens with zero attached hydrogens (tertiary/aromatic N) is 3. The predicted octanol–water partition coefficient (Wildman–Crippen LogP) is 4.92. The van der Waals surface area contributed by atoms with Crippen LogP contribution in [0.5, 0.6) is 0 Å². The first-order valence-corrected chi connectivity index (χ1v) is 13.1. The van der Waals surface area contributed by atoms with Gasteiger partial charge in [0.25, 0.3) is 5.91 Å². The summed E-state index contributed by atoms with van der Waals surface area (Å²) < 4.78 is 21.3. The van der Waals surface area contributed by atoms with Crippen molar-refractivity contribution in [1.82, 2.24) is 14.8 Å². The fraction of sp³-hybridized carbons (Fsp3) is 0.357. The Morgan fingerprint density at radius 1 is 1.18 bits per heavy atom. The highest BCUT2D eigenvalue weighted by atomic mass is 32.1. The zero-order valence-corrected chi connectivity index (χ0v) is 22.5. The van der Waals surface area contributed by atoms with Crippen molar-refractivity contribution in [1.29, 1.82) is 5.26 Å². The van der Waals surface area contributed by atoms with Crippen LogP contribution >= 0.6 is 11.3 Å². The van der Waals surface area contributed by atoms with E-state index in [1.807, 2.05) is 6.07 Å². The molecule has 1 aliphatic rings. The number of carbonyl (C=O) groups excluding carboxylic acids is 2. The molecule has 1 N–H and O–H groups in total. The number of pyridine rings is 1. The number of hydrogen-bond donors (Lipinski definition) is 1. The highest BCUT2D eigenvalue weighted by molar-refractivity contribution is 7.18. The second-order valence-corrected chi connectivity index (χ2v) is 11.3. The molecule has 0 bridgehead atoms. The van der Waals surface area contributed by atoms with Crippen LogP contribution in [0.1, 0.15) is 48.8 Å². The van der Waals surface area contributed by atoms with Crippen molar-refractivity contribution in [2.24, 2.45) is 7.05 Å². The lowest BCUT2D eigenvalue weighted by Gasteiger charge is -2.33. The summed E-state index contributed by atoms with van der Waals surface area (Å²) in [6.07, 6.45) is 2.61. The first-order valence-electron chi connectivity index (χ1n) is 12.2. The van der Waals surface area contributed by atoms with E-state index in [9.17, 15) is 18.8 Å². The summed E-state index contributed by atoms with van der Waals surface area (Å²) >= 11 is 1.26. The highest BCUT2D eigenvalue weighted by Gasteiger charge is 2.29. The summed E-state index contributed by atoms with van der Waals surface area (Å²) in [5.41, 5.74) is 0.984. The Balaban J connectivity index is 1.66. The Kier molecular flexibility index (Phi) is 7.69. The number of likely N-dealkylation sites (tertiary alicyclic amines) is 1. The Morgan fingerprint density at radius 3 is 2.58 bits per heavy atom. The van der Waals surface area contributed by atoms with Crippen molar-refractivity contribution in [3.8, 4) is 27.6 Å². The molecule has 0 unspecified atom stereocenters. The van der Waals surface area contributed by atoms with Gasteiger partial charge in [0.1, 0.15) is 17.5 Å². The monoisotopic (exact) mass is 536 g/mol. The van der Waals surface area contributed by atoms with Crippen LogP contribution in [-0.4, -0.2) is 46.2 Å². The number of hydrogen-bond acceptors (Lipinski definition) is 6. The molecule has 8 nitrogen and oxygen atoms in total. The number of aryl methyl sites for hydroxylation is 1. The quantitative estimate of drug-likeness (QED) is 0.510. The zero-order chi connectivity index (χ0) is 27.6. The molecule has 1 atom stereocenters. The first kappa shape index (κ1) is 27.1. The molecular formula is C28H29FN4O4S. The van der Waals surface area contributed by atoms with E-state index in [2.05, 4.69) is 5.32 Å². The Bertz CT molecular complexity index is 1480. The minimum atomic E-state index is -0.650. The topological polar surface area (TPSA) is 104 Å². The van der Waals surface area contributed by atoms with E-state index in [4.69, 9.17) is 10.00 Å². The molecule has 38 heavy (non-hydrogen) atoms. The fourth-order valence-electron chi connectivity index (χ4n) is 4.34. The maximum atomic E-state index is 14.5. The van der Waals surface area contributed by atoms with E-state index in [-0.39, 0.29) is 23.1 Å². The number of amides is 2. The second kappa shape index (κ2) is 10.8. The van der Waals surface area contributed by atoms with Crippen molar-refractivity contribution in [3.05, 3.63) is 69.2 Å². The van der Waals surface area contributed by atoms with Crippen LogP contribution in [-0.2, 0) is 11.8 Å². The molecule has 0 aliphatic carbocycles. The van der Waals surface area contributed by atoms with Gasteiger partial charge in [-0.2, -0.15) is 5.26 Å². The van der Waals surface area contributed by atoms with Gasteiger partial charge in [-0.1, -0.05) is 6.07 Å². The molecular weight excluding hydrogens is 507 g/mol. The van der Waals surface area contributed by atoms with E-state index in [1.165, 1.54) is 34.1 Å². The summed E-state index contributed by atoms with van der Waals surface area (Å²) in [4.78, 5) is 40.7. The minimum absolute atomic E-state index is 0.0687. The third kappa shape index (κ3) is 6.11. The summed E-state index contributed by atoms with van der Waals surface area (Å²) in [5.74, 6) is -0.847. The normalized spacial score (nSPS) is 15.6. The van der Waals surface area contributed by atoms with Crippen molar-refractivity contribution in [2.45, 2.75) is 45.3 Å². The maximum absolute atomic E-state index is 14.5. The molecule has 2 aromatic heterocycles. The zero-order valence-electron chi connectivity index (χ0n) is 21.7. The van der Waals surface area contributed by atoms with Gasteiger partial charge in [0.2, 0.25) is 5.56 Å². The molecule has 0 spiro atoms. The van der Waals surface area contributed by atoms with Crippen molar-refractivity contribution in [3.63, 3.8) is 0 Å². The predicted molar refractivity (Wildman–Crippen MR) is 143 cm³/mol. The standard InChI is InChI=1S/C28H29FN4O4S/c1-28(2,3)37-27(36)31-20-6-5-11-33(16-20)26(35)23-13-21(17-7-8-18(14-30)22(29)12-17)25(38-23)19-9-10-24(34)32(4)15-19/h7-10,12-13,15,20H,5-6,11,16H2,1-4H3,(H,31,36)/t20-/m1/s1. The average molecular weight is 537 g/mol. The number of aromatic nitrogens is 1. The van der Waals surface area contributed by atoms with Crippen LogP contribution in [0.25, 0.3) is 21.6 Å². The maximum Gasteiger partial charge on any atom is 0.407 e. The third-order valence-electron chi connectivity index (χ3n) is 6.12. The number of rotatable bonds is 4. The van der Waals surface area contributed by atoms with Crippen LogP contribution in [0.3, 0.4) is 0 Å². The van der Waals surface area contributed by atoms with Crippen LogP contribution in [0, 0.1) is 17.1 Å². The Hall–Kier alpha value is -3.97. The molecule has 198 valence electrons. The van der Waals surface area contributed by atoms with E-state index >= 15 is 0 Å². The lowest BCUT2D eigenvalue weighted by Crippen LogP contribution is -2.50. The molecule has 4 rings (SSSR count). The summed E-state index contributed by atoms with van der Waals surface area (Å²) in [6, 6.07) is 10.8. The van der Waals surface area contributed by atoms with Gasteiger partial charge in [-0.15, -0.1) is 11.3 Å². The summed E-state index contributed by atoms with van der Waals surface area (Å²) in [5, 5.41) is 12.0. The number of halogens is 1. The molecule has 1 aromatic carbocycles. The van der Waals surface area contributed by atoms with E-state index < -0.39 is 17.5 Å². The van der Waals surface area contributed by atoms with E-state index in [1.54, 1.807) is 57.1 Å². The Labute approximate surface area is 224 Å². The number of alkyl carbamates (subject to hydrolysis) is 1. The average Bonchev–Trinajstić information content (AvgIpc) is 3.29. The number of nitrogens with one attached hydrogen (secondary N) is 1. The molecule has 0 saturated carbocycles. The van der Waals surface area contributed by atoms with Crippen LogP contribution in [0.2, 0.25) is 0 Å². The summed E-state index contributed by atoms with van der Waals surface area (Å²) in [7, 11) is 1.64. The lowest BCUT2D eigenvalue weighted by atomic mass is 10.0. The first-order chi connectivity index (χ1) is 17.9. The number of piperidine rings is 1. The molecule has 1 aliphatic heterocycles. The highest BCUT2D eigenvalue weighted by Crippen LogP contribution is 2.40. The van der Waals surface area contributed by atoms with Crippen LogP contribution in [0.4, 0.5) is 9.18 Å². The van der Waals surface area contributed by atoms with Crippen molar-refractivity contribution in [2.75, 3.05) is 13.1 Å². The van der Waals surface area contributed by atoms with Crippen LogP contribution in [0.15, 0.2) is 47.4 Å². The van der Waals surface area contributed by atoms with Gasteiger partial charge in [0.15, 0.2) is 0 Å². The number of ether oxygens (including phenoxy) is 1. The molecule has 1 fully saturated rings. The molecule has 10 heteroatoms. The molecule has 3 heterocycles. The van der Waals surface area contributed by atoms with Gasteiger partial charge >= 0.3 is 6.09 Å². The van der Waals surface area contributed by atoms with Crippen molar-refractivity contribution < 1.29 is 18.7 Å². The number of benzene rings is 1.